The average Bonchev–Trinajstić information content (AvgIpc) is 3.11. The van der Waals surface area contributed by atoms with Crippen molar-refractivity contribution in [2.45, 2.75) is 38.9 Å². The first-order chi connectivity index (χ1) is 15.0. The van der Waals surface area contributed by atoms with E-state index >= 15 is 0 Å². The summed E-state index contributed by atoms with van der Waals surface area (Å²) in [5.41, 5.74) is 3.87. The van der Waals surface area contributed by atoms with Crippen LogP contribution in [-0.4, -0.2) is 21.1 Å². The highest BCUT2D eigenvalue weighted by molar-refractivity contribution is 7.99. The quantitative estimate of drug-likeness (QED) is 0.208. The van der Waals surface area contributed by atoms with E-state index in [1.807, 2.05) is 68.4 Å². The molecule has 0 spiro atoms. The first kappa shape index (κ1) is 21.5. The number of thioether (sulfide) groups is 1. The summed E-state index contributed by atoms with van der Waals surface area (Å²) < 4.78 is 1.72. The van der Waals surface area contributed by atoms with Gasteiger partial charge in [0.1, 0.15) is 4.83 Å². The van der Waals surface area contributed by atoms with Gasteiger partial charge >= 0.3 is 0 Å². The second-order valence-electron chi connectivity index (χ2n) is 7.53. The molecule has 4 aromatic rings. The summed E-state index contributed by atoms with van der Waals surface area (Å²) in [7, 11) is 0. The Bertz CT molecular complexity index is 1290. The predicted octanol–water partition coefficient (Wildman–Crippen LogP) is 5.66. The fourth-order valence-electron chi connectivity index (χ4n) is 3.54. The minimum Gasteiger partial charge on any atom is -0.293 e. The molecule has 2 aromatic heterocycles. The van der Waals surface area contributed by atoms with Gasteiger partial charge in [0.05, 0.1) is 17.7 Å². The second kappa shape index (κ2) is 9.20. The van der Waals surface area contributed by atoms with Gasteiger partial charge in [-0.05, 0) is 31.4 Å². The summed E-state index contributed by atoms with van der Waals surface area (Å²) in [6, 6.07) is 17.4. The number of hydrogen-bond acceptors (Lipinski definition) is 5. The van der Waals surface area contributed by atoms with Crippen molar-refractivity contribution < 1.29 is 4.79 Å². The molecular weight excluding hydrogens is 424 g/mol. The van der Waals surface area contributed by atoms with Crippen LogP contribution in [0.25, 0.3) is 10.2 Å². The summed E-state index contributed by atoms with van der Waals surface area (Å²) in [5, 5.41) is 1.29. The first-order valence-corrected chi connectivity index (χ1v) is 12.1. The van der Waals surface area contributed by atoms with Crippen molar-refractivity contribution in [3.05, 3.63) is 92.1 Å². The van der Waals surface area contributed by atoms with Gasteiger partial charge in [-0.1, -0.05) is 78.8 Å². The Morgan fingerprint density at radius 1 is 1.06 bits per heavy atom. The van der Waals surface area contributed by atoms with Crippen molar-refractivity contribution in [1.29, 1.82) is 0 Å². The summed E-state index contributed by atoms with van der Waals surface area (Å²) in [6.45, 7) is 6.57. The predicted molar refractivity (Wildman–Crippen MR) is 130 cm³/mol. The molecule has 158 valence electrons. The van der Waals surface area contributed by atoms with E-state index < -0.39 is 0 Å². The van der Waals surface area contributed by atoms with Gasteiger partial charge in [-0.25, -0.2) is 4.98 Å². The van der Waals surface area contributed by atoms with Gasteiger partial charge in [0.15, 0.2) is 10.9 Å². The van der Waals surface area contributed by atoms with E-state index in [9.17, 15) is 9.59 Å². The molecule has 0 aliphatic rings. The van der Waals surface area contributed by atoms with E-state index in [1.165, 1.54) is 22.2 Å². The van der Waals surface area contributed by atoms with Crippen LogP contribution in [0, 0.1) is 13.8 Å². The minimum atomic E-state index is -0.0336. The lowest BCUT2D eigenvalue weighted by Gasteiger charge is -2.12. The molecule has 0 atom stereocenters. The van der Waals surface area contributed by atoms with E-state index in [0.717, 1.165) is 22.4 Å². The molecule has 2 heterocycles. The number of aryl methyl sites for hydroxylation is 3. The van der Waals surface area contributed by atoms with Gasteiger partial charge in [-0.3, -0.25) is 14.2 Å². The van der Waals surface area contributed by atoms with Crippen LogP contribution in [-0.2, 0) is 13.0 Å². The normalized spacial score (nSPS) is 11.2. The van der Waals surface area contributed by atoms with E-state index in [-0.39, 0.29) is 17.1 Å². The molecule has 0 fully saturated rings. The number of nitrogens with zero attached hydrogens (tertiary/aromatic N) is 2. The maximum atomic E-state index is 13.5. The molecule has 31 heavy (non-hydrogen) atoms. The number of rotatable bonds is 7. The largest absolute Gasteiger partial charge is 0.293 e. The molecule has 0 amide bonds. The molecule has 4 nitrogen and oxygen atoms in total. The lowest BCUT2D eigenvalue weighted by Crippen LogP contribution is -2.24. The number of carbonyl (C=O) groups excluding carboxylic acids is 1. The molecule has 0 saturated heterocycles. The third kappa shape index (κ3) is 4.50. The lowest BCUT2D eigenvalue weighted by molar-refractivity contribution is 0.102. The highest BCUT2D eigenvalue weighted by Crippen LogP contribution is 2.30. The number of aromatic nitrogens is 2. The number of Topliss-reactive ketones (excluding diaryl/α,β-unsaturated/α-hetero) is 1. The molecule has 0 radical (unpaired) electrons. The van der Waals surface area contributed by atoms with Crippen LogP contribution in [0.4, 0.5) is 0 Å². The molecule has 2 aromatic carbocycles. The summed E-state index contributed by atoms with van der Waals surface area (Å²) >= 11 is 2.91. The highest BCUT2D eigenvalue weighted by atomic mass is 32.2. The van der Waals surface area contributed by atoms with Crippen LogP contribution in [0.3, 0.4) is 0 Å². The zero-order chi connectivity index (χ0) is 22.0. The van der Waals surface area contributed by atoms with Gasteiger partial charge in [0.25, 0.3) is 5.56 Å². The molecular formula is C25H24N2O2S2. The monoisotopic (exact) mass is 448 g/mol. The second-order valence-corrected chi connectivity index (χ2v) is 9.56. The zero-order valence-electron chi connectivity index (χ0n) is 17.8. The zero-order valence-corrected chi connectivity index (χ0v) is 19.5. The van der Waals surface area contributed by atoms with Crippen molar-refractivity contribution in [2.75, 3.05) is 5.75 Å². The maximum absolute atomic E-state index is 13.5. The Morgan fingerprint density at radius 2 is 1.77 bits per heavy atom. The van der Waals surface area contributed by atoms with Gasteiger partial charge in [0.2, 0.25) is 0 Å². The Balaban J connectivity index is 1.75. The lowest BCUT2D eigenvalue weighted by atomic mass is 10.1. The average molecular weight is 449 g/mol. The molecule has 0 bridgehead atoms. The first-order valence-electron chi connectivity index (χ1n) is 10.3. The third-order valence-electron chi connectivity index (χ3n) is 5.32. The fourth-order valence-corrected chi connectivity index (χ4v) is 5.60. The van der Waals surface area contributed by atoms with Crippen molar-refractivity contribution in [2.24, 2.45) is 0 Å². The van der Waals surface area contributed by atoms with Gasteiger partial charge in [-0.2, -0.15) is 0 Å². The number of hydrogen-bond donors (Lipinski definition) is 0. The molecule has 0 saturated carbocycles. The van der Waals surface area contributed by atoms with Crippen LogP contribution in [0.2, 0.25) is 0 Å². The smallest absolute Gasteiger partial charge is 0.263 e. The molecule has 6 heteroatoms. The molecule has 4 rings (SSSR count). The molecule has 0 aliphatic carbocycles. The van der Waals surface area contributed by atoms with Crippen LogP contribution < -0.4 is 5.56 Å². The van der Waals surface area contributed by atoms with Crippen LogP contribution in [0.15, 0.2) is 64.5 Å². The van der Waals surface area contributed by atoms with Gasteiger partial charge in [0, 0.05) is 10.4 Å². The van der Waals surface area contributed by atoms with Crippen LogP contribution >= 0.6 is 23.1 Å². The topological polar surface area (TPSA) is 52.0 Å². The molecule has 0 N–H and O–H groups in total. The van der Waals surface area contributed by atoms with Crippen LogP contribution in [0.5, 0.6) is 0 Å². The van der Waals surface area contributed by atoms with E-state index in [0.29, 0.717) is 22.7 Å². The summed E-state index contributed by atoms with van der Waals surface area (Å²) in [6.07, 6.45) is 0.874. The van der Waals surface area contributed by atoms with Gasteiger partial charge in [-0.15, -0.1) is 11.3 Å². The Hall–Kier alpha value is -2.70. The van der Waals surface area contributed by atoms with Gasteiger partial charge < -0.3 is 0 Å². The van der Waals surface area contributed by atoms with Crippen molar-refractivity contribution in [3.8, 4) is 0 Å². The molecule has 0 unspecified atom stereocenters. The standard InChI is InChI=1S/C25H24N2O2S2/c1-4-21-17(3)22-23(31-21)26-25(30-15-20(28)19-8-6-5-7-9-19)27(24(22)29)14-18-12-10-16(2)11-13-18/h5-13H,4,14-15H2,1-3H3. The summed E-state index contributed by atoms with van der Waals surface area (Å²) in [5.74, 6) is 0.263. The maximum Gasteiger partial charge on any atom is 0.263 e. The number of fused-ring (bicyclic) bond motifs is 1. The number of ketones is 1. The van der Waals surface area contributed by atoms with Crippen molar-refractivity contribution in [3.63, 3.8) is 0 Å². The Labute approximate surface area is 190 Å². The SMILES string of the molecule is CCc1sc2nc(SCC(=O)c3ccccc3)n(Cc3ccc(C)cc3)c(=O)c2c1C. The third-order valence-corrected chi connectivity index (χ3v) is 7.63. The molecule has 0 aliphatic heterocycles. The minimum absolute atomic E-state index is 0.0263. The van der Waals surface area contributed by atoms with Crippen molar-refractivity contribution in [1.82, 2.24) is 9.55 Å². The van der Waals surface area contributed by atoms with E-state index in [1.54, 1.807) is 15.9 Å². The van der Waals surface area contributed by atoms with E-state index in [4.69, 9.17) is 4.98 Å². The van der Waals surface area contributed by atoms with E-state index in [2.05, 4.69) is 6.92 Å². The van der Waals surface area contributed by atoms with Crippen molar-refractivity contribution >= 4 is 39.1 Å². The Kier molecular flexibility index (Phi) is 6.39. The van der Waals surface area contributed by atoms with Crippen LogP contribution in [0.1, 0.15) is 38.8 Å². The highest BCUT2D eigenvalue weighted by Gasteiger charge is 2.19. The number of carbonyl (C=O) groups is 1. The Morgan fingerprint density at radius 3 is 2.45 bits per heavy atom. The fraction of sp³-hybridized carbons (Fsp3) is 0.240. The number of benzene rings is 2. The summed E-state index contributed by atoms with van der Waals surface area (Å²) in [4.78, 5) is 32.9. The number of thiophene rings is 1.